The van der Waals surface area contributed by atoms with Crippen LogP contribution in [0.4, 0.5) is 10.5 Å². The fourth-order valence-corrected chi connectivity index (χ4v) is 2.41. The van der Waals surface area contributed by atoms with Crippen LogP contribution in [0, 0.1) is 11.3 Å². The van der Waals surface area contributed by atoms with Crippen LogP contribution in [0.15, 0.2) is 42.6 Å². The van der Waals surface area contributed by atoms with E-state index in [-0.39, 0.29) is 6.03 Å². The molecule has 0 aliphatic carbocycles. The highest BCUT2D eigenvalue weighted by Crippen LogP contribution is 2.20. The van der Waals surface area contributed by atoms with Gasteiger partial charge in [0.1, 0.15) is 6.07 Å². The highest BCUT2D eigenvalue weighted by Gasteiger charge is 2.14. The summed E-state index contributed by atoms with van der Waals surface area (Å²) in [5.41, 5.74) is 1.60. The van der Waals surface area contributed by atoms with Crippen molar-refractivity contribution in [3.8, 4) is 6.07 Å². The fraction of sp³-hybridized carbons (Fsp3) is 0.125. The Morgan fingerprint density at radius 2 is 2.21 bits per heavy atom. The predicted octanol–water partition coefficient (Wildman–Crippen LogP) is 2.92. The molecule has 2 aromatic heterocycles. The molecule has 0 fully saturated rings. The molecule has 0 aliphatic rings. The minimum absolute atomic E-state index is 0.293. The molecule has 2 heterocycles. The molecule has 0 aliphatic heterocycles. The molecule has 0 saturated carbocycles. The molecule has 7 nitrogen and oxygen atoms in total. The Balaban J connectivity index is 1.71. The number of nitriles is 1. The quantitative estimate of drug-likeness (QED) is 0.794. The molecule has 24 heavy (non-hydrogen) atoms. The van der Waals surface area contributed by atoms with Gasteiger partial charge in [0, 0.05) is 18.9 Å². The van der Waals surface area contributed by atoms with Crippen LogP contribution in [0.25, 0.3) is 5.65 Å². The van der Waals surface area contributed by atoms with Gasteiger partial charge in [0.25, 0.3) is 0 Å². The summed E-state index contributed by atoms with van der Waals surface area (Å²) in [5.74, 6) is 0.654. The summed E-state index contributed by atoms with van der Waals surface area (Å²) < 4.78 is 1.82. The molecule has 0 unspecified atom stereocenters. The highest BCUT2D eigenvalue weighted by atomic mass is 35.5. The van der Waals surface area contributed by atoms with Gasteiger partial charge in [-0.25, -0.2) is 4.79 Å². The van der Waals surface area contributed by atoms with Gasteiger partial charge in [-0.3, -0.25) is 4.40 Å². The third kappa shape index (κ3) is 3.14. The summed E-state index contributed by atoms with van der Waals surface area (Å²) in [6.07, 6.45) is 1.84. The summed E-state index contributed by atoms with van der Waals surface area (Å²) in [6, 6.07) is 12.0. The van der Waals surface area contributed by atoms with Gasteiger partial charge in [-0.15, -0.1) is 10.2 Å². The molecular weight excluding hydrogens is 328 g/mol. The first-order valence-electron chi connectivity index (χ1n) is 7.09. The van der Waals surface area contributed by atoms with Crippen molar-refractivity contribution in [3.05, 3.63) is 59.0 Å². The maximum Gasteiger partial charge on any atom is 0.321 e. The number of pyridine rings is 1. The number of urea groups is 1. The average molecular weight is 341 g/mol. The van der Waals surface area contributed by atoms with E-state index in [0.717, 1.165) is 5.65 Å². The molecule has 0 spiro atoms. The summed E-state index contributed by atoms with van der Waals surface area (Å²) in [5, 5.41) is 20.0. The van der Waals surface area contributed by atoms with Crippen molar-refractivity contribution < 1.29 is 4.79 Å². The van der Waals surface area contributed by atoms with E-state index < -0.39 is 0 Å². The van der Waals surface area contributed by atoms with Crippen LogP contribution >= 0.6 is 11.6 Å². The van der Waals surface area contributed by atoms with E-state index in [2.05, 4.69) is 15.5 Å². The molecule has 1 N–H and O–H groups in total. The second kappa shape index (κ2) is 6.56. The number of aromatic nitrogens is 3. The monoisotopic (exact) mass is 340 g/mol. The Morgan fingerprint density at radius 1 is 1.38 bits per heavy atom. The first-order chi connectivity index (χ1) is 11.6. The second-order valence-corrected chi connectivity index (χ2v) is 5.54. The van der Waals surface area contributed by atoms with Crippen molar-refractivity contribution in [2.75, 3.05) is 12.4 Å². The van der Waals surface area contributed by atoms with Gasteiger partial charge in [0.2, 0.25) is 0 Å². The standard InChI is InChI=1S/C16H13ClN6O/c1-22(10-15-21-20-14-4-2-3-7-23(14)15)16(24)19-12-6-5-11(9-18)13(17)8-12/h2-8H,10H2,1H3,(H,19,24). The van der Waals surface area contributed by atoms with Gasteiger partial charge in [-0.05, 0) is 30.3 Å². The second-order valence-electron chi connectivity index (χ2n) is 5.14. The Kier molecular flexibility index (Phi) is 4.31. The van der Waals surface area contributed by atoms with Gasteiger partial charge in [-0.2, -0.15) is 5.26 Å². The van der Waals surface area contributed by atoms with Gasteiger partial charge < -0.3 is 10.2 Å². The Morgan fingerprint density at radius 3 is 2.96 bits per heavy atom. The van der Waals surface area contributed by atoms with Crippen molar-refractivity contribution in [3.63, 3.8) is 0 Å². The van der Waals surface area contributed by atoms with Crippen LogP contribution in [0.2, 0.25) is 5.02 Å². The van der Waals surface area contributed by atoms with E-state index in [1.54, 1.807) is 19.2 Å². The molecular formula is C16H13ClN6O. The molecule has 0 atom stereocenters. The maximum atomic E-state index is 12.3. The van der Waals surface area contributed by atoms with Crippen LogP contribution in [0.1, 0.15) is 11.4 Å². The number of amides is 2. The number of carbonyl (C=O) groups excluding carboxylic acids is 1. The largest absolute Gasteiger partial charge is 0.321 e. The van der Waals surface area contributed by atoms with Crippen molar-refractivity contribution in [2.24, 2.45) is 0 Å². The molecule has 0 radical (unpaired) electrons. The lowest BCUT2D eigenvalue weighted by Crippen LogP contribution is -2.31. The summed E-state index contributed by atoms with van der Waals surface area (Å²) in [4.78, 5) is 13.8. The van der Waals surface area contributed by atoms with Gasteiger partial charge in [-0.1, -0.05) is 17.7 Å². The number of hydrogen-bond donors (Lipinski definition) is 1. The molecule has 0 saturated heterocycles. The van der Waals surface area contributed by atoms with Gasteiger partial charge in [0.05, 0.1) is 17.1 Å². The average Bonchev–Trinajstić information content (AvgIpc) is 2.98. The van der Waals surface area contributed by atoms with E-state index in [9.17, 15) is 4.79 Å². The summed E-state index contributed by atoms with van der Waals surface area (Å²) >= 11 is 5.96. The molecule has 1 aromatic carbocycles. The maximum absolute atomic E-state index is 12.3. The van der Waals surface area contributed by atoms with Crippen LogP contribution in [0.5, 0.6) is 0 Å². The lowest BCUT2D eigenvalue weighted by molar-refractivity contribution is 0.219. The summed E-state index contributed by atoms with van der Waals surface area (Å²) in [6.45, 7) is 0.293. The van der Waals surface area contributed by atoms with E-state index in [1.807, 2.05) is 34.9 Å². The zero-order valence-corrected chi connectivity index (χ0v) is 13.5. The van der Waals surface area contributed by atoms with E-state index in [1.165, 1.54) is 11.0 Å². The number of hydrogen-bond acceptors (Lipinski definition) is 4. The van der Waals surface area contributed by atoms with Crippen LogP contribution < -0.4 is 5.32 Å². The first-order valence-corrected chi connectivity index (χ1v) is 7.46. The van der Waals surface area contributed by atoms with Crippen LogP contribution in [-0.4, -0.2) is 32.6 Å². The minimum Gasteiger partial charge on any atom is -0.320 e. The van der Waals surface area contributed by atoms with E-state index in [0.29, 0.717) is 28.6 Å². The fourth-order valence-electron chi connectivity index (χ4n) is 2.19. The van der Waals surface area contributed by atoms with E-state index >= 15 is 0 Å². The minimum atomic E-state index is -0.316. The Bertz CT molecular complexity index is 945. The number of fused-ring (bicyclic) bond motifs is 1. The number of nitrogens with zero attached hydrogens (tertiary/aromatic N) is 5. The summed E-state index contributed by atoms with van der Waals surface area (Å²) in [7, 11) is 1.66. The normalized spacial score (nSPS) is 10.4. The third-order valence-corrected chi connectivity index (χ3v) is 3.76. The number of rotatable bonds is 3. The highest BCUT2D eigenvalue weighted by molar-refractivity contribution is 6.32. The number of anilines is 1. The Hall–Kier alpha value is -3.11. The number of nitrogens with one attached hydrogen (secondary N) is 1. The van der Waals surface area contributed by atoms with Crippen molar-refractivity contribution in [1.82, 2.24) is 19.5 Å². The molecule has 120 valence electrons. The van der Waals surface area contributed by atoms with Crippen molar-refractivity contribution >= 4 is 29.0 Å². The molecule has 3 aromatic rings. The number of halogens is 1. The number of benzene rings is 1. The Labute approximate surface area is 143 Å². The van der Waals surface area contributed by atoms with Gasteiger partial charge >= 0.3 is 6.03 Å². The smallest absolute Gasteiger partial charge is 0.320 e. The molecule has 8 heteroatoms. The van der Waals surface area contributed by atoms with Crippen molar-refractivity contribution in [2.45, 2.75) is 6.54 Å². The third-order valence-electron chi connectivity index (χ3n) is 3.45. The lowest BCUT2D eigenvalue weighted by atomic mass is 10.2. The topological polar surface area (TPSA) is 86.3 Å². The van der Waals surface area contributed by atoms with Crippen LogP contribution in [-0.2, 0) is 6.54 Å². The SMILES string of the molecule is CN(Cc1nnc2ccccn12)C(=O)Nc1ccc(C#N)c(Cl)c1. The van der Waals surface area contributed by atoms with Crippen LogP contribution in [0.3, 0.4) is 0 Å². The van der Waals surface area contributed by atoms with Gasteiger partial charge in [0.15, 0.2) is 11.5 Å². The van der Waals surface area contributed by atoms with Crippen molar-refractivity contribution in [1.29, 1.82) is 5.26 Å². The predicted molar refractivity (Wildman–Crippen MR) is 89.6 cm³/mol. The molecule has 2 amide bonds. The first kappa shape index (κ1) is 15.8. The molecule has 3 rings (SSSR count). The lowest BCUT2D eigenvalue weighted by Gasteiger charge is -2.17. The van der Waals surface area contributed by atoms with E-state index in [4.69, 9.17) is 16.9 Å². The number of carbonyl (C=O) groups is 1. The zero-order valence-electron chi connectivity index (χ0n) is 12.8. The zero-order chi connectivity index (χ0) is 17.1. The molecule has 0 bridgehead atoms.